The molecule has 0 fully saturated rings. The molecule has 2 N–H and O–H groups in total. The molecule has 4 nitrogen and oxygen atoms in total. The number of aromatic nitrogens is 1. The summed E-state index contributed by atoms with van der Waals surface area (Å²) in [6.45, 7) is 10.8. The first-order valence-electron chi connectivity index (χ1n) is 5.85. The summed E-state index contributed by atoms with van der Waals surface area (Å²) in [7, 11) is 0. The van der Waals surface area contributed by atoms with Crippen LogP contribution in [0.4, 0.5) is 5.13 Å². The van der Waals surface area contributed by atoms with E-state index in [2.05, 4.69) is 36.4 Å². The van der Waals surface area contributed by atoms with Crippen LogP contribution in [-0.2, 0) is 10.2 Å². The number of amides is 1. The van der Waals surface area contributed by atoms with Gasteiger partial charge < -0.3 is 10.6 Å². The van der Waals surface area contributed by atoms with Crippen LogP contribution < -0.4 is 10.6 Å². The van der Waals surface area contributed by atoms with Gasteiger partial charge in [0.05, 0.1) is 5.69 Å². The molecular formula is C12H21N3OS. The summed E-state index contributed by atoms with van der Waals surface area (Å²) in [5.41, 5.74) is 1.10. The lowest BCUT2D eigenvalue weighted by atomic mass is 9.93. The zero-order valence-electron chi connectivity index (χ0n) is 11.1. The number of likely N-dealkylation sites (N-methyl/N-ethyl adjacent to an activating group) is 1. The van der Waals surface area contributed by atoms with Crippen LogP contribution in [0.5, 0.6) is 0 Å². The van der Waals surface area contributed by atoms with Crippen LogP contribution in [0.2, 0.25) is 0 Å². The van der Waals surface area contributed by atoms with Gasteiger partial charge in [0.25, 0.3) is 0 Å². The van der Waals surface area contributed by atoms with Crippen molar-refractivity contribution >= 4 is 22.4 Å². The summed E-state index contributed by atoms with van der Waals surface area (Å²) < 4.78 is 0. The SMILES string of the molecule is CCNC(=O)C(C)Nc1nc(C(C)(C)C)cs1. The van der Waals surface area contributed by atoms with Crippen LogP contribution in [0.25, 0.3) is 0 Å². The normalized spacial score (nSPS) is 13.2. The summed E-state index contributed by atoms with van der Waals surface area (Å²) in [6.07, 6.45) is 0. The molecule has 1 heterocycles. The molecule has 1 aromatic heterocycles. The third-order valence-electron chi connectivity index (χ3n) is 2.36. The van der Waals surface area contributed by atoms with Crippen LogP contribution in [0.15, 0.2) is 5.38 Å². The molecule has 0 radical (unpaired) electrons. The average Bonchev–Trinajstić information content (AvgIpc) is 2.66. The van der Waals surface area contributed by atoms with Crippen LogP contribution in [0.1, 0.15) is 40.3 Å². The molecule has 1 aromatic rings. The second kappa shape index (κ2) is 5.49. The number of thiazole rings is 1. The van der Waals surface area contributed by atoms with Crippen molar-refractivity contribution in [2.75, 3.05) is 11.9 Å². The van der Waals surface area contributed by atoms with Gasteiger partial charge in [0.15, 0.2) is 5.13 Å². The molecule has 1 atom stereocenters. The van der Waals surface area contributed by atoms with Crippen LogP contribution >= 0.6 is 11.3 Å². The number of nitrogens with zero attached hydrogens (tertiary/aromatic N) is 1. The molecular weight excluding hydrogens is 234 g/mol. The highest BCUT2D eigenvalue weighted by Crippen LogP contribution is 2.26. The van der Waals surface area contributed by atoms with Gasteiger partial charge in [0.1, 0.15) is 6.04 Å². The Morgan fingerprint density at radius 1 is 1.53 bits per heavy atom. The van der Waals surface area contributed by atoms with E-state index in [0.29, 0.717) is 6.54 Å². The average molecular weight is 255 g/mol. The van der Waals surface area contributed by atoms with Gasteiger partial charge in [-0.2, -0.15) is 0 Å². The molecule has 0 bridgehead atoms. The third kappa shape index (κ3) is 4.00. The van der Waals surface area contributed by atoms with Gasteiger partial charge in [0, 0.05) is 17.3 Å². The maximum absolute atomic E-state index is 11.6. The van der Waals surface area contributed by atoms with E-state index in [1.807, 2.05) is 19.2 Å². The van der Waals surface area contributed by atoms with E-state index in [-0.39, 0.29) is 17.4 Å². The summed E-state index contributed by atoms with van der Waals surface area (Å²) in [5.74, 6) is 0.00000803. The molecule has 0 aliphatic heterocycles. The number of hydrogen-bond acceptors (Lipinski definition) is 4. The van der Waals surface area contributed by atoms with Gasteiger partial charge in [-0.3, -0.25) is 4.79 Å². The van der Waals surface area contributed by atoms with Crippen molar-refractivity contribution < 1.29 is 4.79 Å². The standard InChI is InChI=1S/C12H21N3OS/c1-6-13-10(16)8(2)14-11-15-9(7-17-11)12(3,4)5/h7-8H,6H2,1-5H3,(H,13,16)(H,14,15). The monoisotopic (exact) mass is 255 g/mol. The quantitative estimate of drug-likeness (QED) is 0.868. The Labute approximate surface area is 107 Å². The minimum Gasteiger partial charge on any atom is -0.355 e. The summed E-state index contributed by atoms with van der Waals surface area (Å²) in [5, 5.41) is 8.73. The van der Waals surface area contributed by atoms with Gasteiger partial charge in [-0.25, -0.2) is 4.98 Å². The molecule has 5 heteroatoms. The highest BCUT2D eigenvalue weighted by atomic mass is 32.1. The molecule has 0 aromatic carbocycles. The first kappa shape index (κ1) is 14.0. The number of carbonyl (C=O) groups is 1. The molecule has 0 saturated carbocycles. The number of carbonyl (C=O) groups excluding carboxylic acids is 1. The van der Waals surface area contributed by atoms with Crippen LogP contribution in [0.3, 0.4) is 0 Å². The largest absolute Gasteiger partial charge is 0.355 e. The molecule has 17 heavy (non-hydrogen) atoms. The predicted octanol–water partition coefficient (Wildman–Crippen LogP) is 2.38. The van der Waals surface area contributed by atoms with E-state index in [1.165, 1.54) is 11.3 Å². The van der Waals surface area contributed by atoms with E-state index in [0.717, 1.165) is 10.8 Å². The van der Waals surface area contributed by atoms with Crippen molar-refractivity contribution in [2.24, 2.45) is 0 Å². The molecule has 0 saturated heterocycles. The maximum Gasteiger partial charge on any atom is 0.242 e. The fourth-order valence-electron chi connectivity index (χ4n) is 1.26. The molecule has 1 rings (SSSR count). The Morgan fingerprint density at radius 2 is 2.18 bits per heavy atom. The van der Waals surface area contributed by atoms with E-state index in [1.54, 1.807) is 0 Å². The van der Waals surface area contributed by atoms with E-state index in [9.17, 15) is 4.79 Å². The van der Waals surface area contributed by atoms with Crippen LogP contribution in [-0.4, -0.2) is 23.5 Å². The molecule has 1 unspecified atom stereocenters. The van der Waals surface area contributed by atoms with Gasteiger partial charge in [-0.1, -0.05) is 20.8 Å². The number of nitrogens with one attached hydrogen (secondary N) is 2. The van der Waals surface area contributed by atoms with Gasteiger partial charge in [-0.05, 0) is 13.8 Å². The van der Waals surface area contributed by atoms with Crippen LogP contribution in [0, 0.1) is 0 Å². The highest BCUT2D eigenvalue weighted by Gasteiger charge is 2.19. The van der Waals surface area contributed by atoms with Crippen molar-refractivity contribution in [3.63, 3.8) is 0 Å². The van der Waals surface area contributed by atoms with Crippen molar-refractivity contribution in [3.8, 4) is 0 Å². The Bertz CT molecular complexity index is 381. The Kier molecular flexibility index (Phi) is 4.51. The first-order chi connectivity index (χ1) is 7.84. The molecule has 1 amide bonds. The summed E-state index contributed by atoms with van der Waals surface area (Å²) in [6, 6.07) is -0.256. The molecule has 0 aliphatic carbocycles. The highest BCUT2D eigenvalue weighted by molar-refractivity contribution is 7.13. The van der Waals surface area contributed by atoms with Gasteiger partial charge >= 0.3 is 0 Å². The van der Waals surface area contributed by atoms with E-state index >= 15 is 0 Å². The Morgan fingerprint density at radius 3 is 2.65 bits per heavy atom. The smallest absolute Gasteiger partial charge is 0.242 e. The zero-order valence-corrected chi connectivity index (χ0v) is 11.9. The van der Waals surface area contributed by atoms with E-state index in [4.69, 9.17) is 0 Å². The first-order valence-corrected chi connectivity index (χ1v) is 6.72. The predicted molar refractivity (Wildman–Crippen MR) is 72.6 cm³/mol. The Hall–Kier alpha value is -1.10. The Balaban J connectivity index is 2.64. The van der Waals surface area contributed by atoms with Crippen molar-refractivity contribution in [1.29, 1.82) is 0 Å². The molecule has 0 spiro atoms. The lowest BCUT2D eigenvalue weighted by molar-refractivity contribution is -0.121. The minimum atomic E-state index is -0.256. The van der Waals surface area contributed by atoms with Crippen molar-refractivity contribution in [1.82, 2.24) is 10.3 Å². The van der Waals surface area contributed by atoms with Crippen molar-refractivity contribution in [3.05, 3.63) is 11.1 Å². The topological polar surface area (TPSA) is 54.0 Å². The number of anilines is 1. The molecule has 96 valence electrons. The minimum absolute atomic E-state index is 0.00000803. The van der Waals surface area contributed by atoms with E-state index < -0.39 is 0 Å². The summed E-state index contributed by atoms with van der Waals surface area (Å²) in [4.78, 5) is 16.0. The lowest BCUT2D eigenvalue weighted by Crippen LogP contribution is -2.37. The number of rotatable bonds is 4. The van der Waals surface area contributed by atoms with Gasteiger partial charge in [-0.15, -0.1) is 11.3 Å². The fraction of sp³-hybridized carbons (Fsp3) is 0.667. The zero-order chi connectivity index (χ0) is 13.1. The second-order valence-electron chi connectivity index (χ2n) is 5.05. The lowest BCUT2D eigenvalue weighted by Gasteiger charge is -2.15. The second-order valence-corrected chi connectivity index (χ2v) is 5.91. The van der Waals surface area contributed by atoms with Crippen molar-refractivity contribution in [2.45, 2.75) is 46.1 Å². The summed E-state index contributed by atoms with van der Waals surface area (Å²) >= 11 is 1.54. The number of hydrogen-bond donors (Lipinski definition) is 2. The molecule has 0 aliphatic rings. The third-order valence-corrected chi connectivity index (χ3v) is 3.13. The van der Waals surface area contributed by atoms with Gasteiger partial charge in [0.2, 0.25) is 5.91 Å². The maximum atomic E-state index is 11.6. The fourth-order valence-corrected chi connectivity index (χ4v) is 2.29.